The third-order valence-electron chi connectivity index (χ3n) is 4.77. The highest BCUT2D eigenvalue weighted by Gasteiger charge is 2.16. The van der Waals surface area contributed by atoms with Crippen LogP contribution in [0, 0.1) is 0 Å². The Morgan fingerprint density at radius 2 is 2.00 bits per heavy atom. The lowest BCUT2D eigenvalue weighted by atomic mass is 10.2. The van der Waals surface area contributed by atoms with E-state index in [1.807, 2.05) is 29.8 Å². The molecule has 30 heavy (non-hydrogen) atoms. The van der Waals surface area contributed by atoms with E-state index in [-0.39, 0.29) is 11.1 Å². The van der Waals surface area contributed by atoms with Gasteiger partial charge in [0, 0.05) is 28.8 Å². The minimum absolute atomic E-state index is 0.00712. The number of fused-ring (bicyclic) bond motifs is 1. The number of thiophene rings is 2. The molecule has 0 radical (unpaired) electrons. The number of carboxylic acid groups (broad SMARTS) is 1. The molecule has 0 atom stereocenters. The zero-order valence-electron chi connectivity index (χ0n) is 16.3. The summed E-state index contributed by atoms with van der Waals surface area (Å²) in [6, 6.07) is 10.3. The highest BCUT2D eigenvalue weighted by Crippen LogP contribution is 2.33. The Morgan fingerprint density at radius 1 is 1.20 bits per heavy atom. The number of rotatable bonds is 8. The number of hydrogen-bond acceptors (Lipinski definition) is 6. The normalized spacial score (nSPS) is 11.1. The lowest BCUT2D eigenvalue weighted by Gasteiger charge is -2.12. The second-order valence-electron chi connectivity index (χ2n) is 6.68. The molecule has 154 valence electrons. The van der Waals surface area contributed by atoms with Crippen LogP contribution in [0.15, 0.2) is 52.0 Å². The Bertz CT molecular complexity index is 1220. The highest BCUT2D eigenvalue weighted by molar-refractivity contribution is 7.18. The van der Waals surface area contributed by atoms with Gasteiger partial charge in [-0.15, -0.1) is 22.7 Å². The van der Waals surface area contributed by atoms with E-state index in [4.69, 9.17) is 14.8 Å². The summed E-state index contributed by atoms with van der Waals surface area (Å²) < 4.78 is 7.46. The van der Waals surface area contributed by atoms with Crippen LogP contribution in [-0.2, 0) is 13.0 Å². The van der Waals surface area contributed by atoms with Crippen LogP contribution < -0.4 is 10.3 Å². The number of carboxylic acids is 1. The SMILES string of the molecule is CCc1nc2scc(-c3cccs3)c2c(=O)n1CCCOc1ccc(C(=O)O)cc1. The Morgan fingerprint density at radius 3 is 2.67 bits per heavy atom. The second-order valence-corrected chi connectivity index (χ2v) is 8.48. The quantitative estimate of drug-likeness (QED) is 0.394. The van der Waals surface area contributed by atoms with Crippen molar-refractivity contribution in [3.63, 3.8) is 0 Å². The van der Waals surface area contributed by atoms with Crippen LogP contribution in [-0.4, -0.2) is 27.2 Å². The Kier molecular flexibility index (Phi) is 5.96. The fraction of sp³-hybridized carbons (Fsp3) is 0.227. The number of benzene rings is 1. The molecule has 4 aromatic rings. The molecule has 0 saturated carbocycles. The van der Waals surface area contributed by atoms with Crippen LogP contribution in [0.25, 0.3) is 20.7 Å². The van der Waals surface area contributed by atoms with Crippen LogP contribution in [0.2, 0.25) is 0 Å². The second kappa shape index (κ2) is 8.81. The van der Waals surface area contributed by atoms with Crippen molar-refractivity contribution in [2.75, 3.05) is 6.61 Å². The van der Waals surface area contributed by atoms with E-state index >= 15 is 0 Å². The van der Waals surface area contributed by atoms with Crippen LogP contribution in [0.5, 0.6) is 5.75 Å². The maximum Gasteiger partial charge on any atom is 0.335 e. The number of aromatic nitrogens is 2. The summed E-state index contributed by atoms with van der Waals surface area (Å²) in [7, 11) is 0. The van der Waals surface area contributed by atoms with Crippen molar-refractivity contribution in [2.24, 2.45) is 0 Å². The van der Waals surface area contributed by atoms with Gasteiger partial charge in [-0.05, 0) is 42.1 Å². The minimum atomic E-state index is -0.966. The van der Waals surface area contributed by atoms with Crippen LogP contribution >= 0.6 is 22.7 Å². The molecular formula is C22H20N2O4S2. The maximum atomic E-state index is 13.3. The van der Waals surface area contributed by atoms with Gasteiger partial charge in [-0.1, -0.05) is 13.0 Å². The van der Waals surface area contributed by atoms with Gasteiger partial charge >= 0.3 is 5.97 Å². The summed E-state index contributed by atoms with van der Waals surface area (Å²) in [5.41, 5.74) is 1.17. The molecule has 6 nitrogen and oxygen atoms in total. The molecule has 0 aliphatic heterocycles. The number of hydrogen-bond donors (Lipinski definition) is 1. The average Bonchev–Trinajstić information content (AvgIpc) is 3.42. The fourth-order valence-corrected chi connectivity index (χ4v) is 5.06. The van der Waals surface area contributed by atoms with Crippen molar-refractivity contribution in [1.82, 2.24) is 9.55 Å². The summed E-state index contributed by atoms with van der Waals surface area (Å²) in [5, 5.41) is 13.7. The third kappa shape index (κ3) is 4.01. The van der Waals surface area contributed by atoms with Crippen molar-refractivity contribution in [1.29, 1.82) is 0 Å². The number of ether oxygens (including phenoxy) is 1. The zero-order valence-corrected chi connectivity index (χ0v) is 18.0. The van der Waals surface area contributed by atoms with Crippen LogP contribution in [0.3, 0.4) is 0 Å². The first-order chi connectivity index (χ1) is 14.6. The molecule has 8 heteroatoms. The van der Waals surface area contributed by atoms with E-state index in [0.29, 0.717) is 37.1 Å². The first-order valence-corrected chi connectivity index (χ1v) is 11.4. The van der Waals surface area contributed by atoms with Gasteiger partial charge in [-0.25, -0.2) is 9.78 Å². The van der Waals surface area contributed by atoms with Gasteiger partial charge in [-0.3, -0.25) is 9.36 Å². The summed E-state index contributed by atoms with van der Waals surface area (Å²) >= 11 is 3.12. The average molecular weight is 441 g/mol. The number of aryl methyl sites for hydroxylation is 1. The molecule has 3 aromatic heterocycles. The molecule has 0 amide bonds. The molecule has 0 aliphatic rings. The smallest absolute Gasteiger partial charge is 0.335 e. The first-order valence-electron chi connectivity index (χ1n) is 9.59. The molecule has 0 aliphatic carbocycles. The number of nitrogens with zero attached hydrogens (tertiary/aromatic N) is 2. The fourth-order valence-electron chi connectivity index (χ4n) is 3.29. The molecule has 0 bridgehead atoms. The summed E-state index contributed by atoms with van der Waals surface area (Å²) in [6.45, 7) is 2.93. The Hall–Kier alpha value is -2.97. The van der Waals surface area contributed by atoms with Gasteiger partial charge in [0.15, 0.2) is 0 Å². The van der Waals surface area contributed by atoms with Gasteiger partial charge in [0.25, 0.3) is 5.56 Å². The zero-order chi connectivity index (χ0) is 21.1. The van der Waals surface area contributed by atoms with E-state index < -0.39 is 5.97 Å². The van der Waals surface area contributed by atoms with Crippen LogP contribution in [0.1, 0.15) is 29.5 Å². The van der Waals surface area contributed by atoms with E-state index in [1.165, 1.54) is 23.5 Å². The molecule has 0 unspecified atom stereocenters. The van der Waals surface area contributed by atoms with Crippen LogP contribution in [0.4, 0.5) is 0 Å². The number of carbonyl (C=O) groups is 1. The van der Waals surface area contributed by atoms with E-state index in [9.17, 15) is 9.59 Å². The van der Waals surface area contributed by atoms with Gasteiger partial charge in [0.2, 0.25) is 0 Å². The van der Waals surface area contributed by atoms with Gasteiger partial charge in [0.1, 0.15) is 16.4 Å². The Labute approximate surface area is 181 Å². The van der Waals surface area contributed by atoms with Gasteiger partial charge in [0.05, 0.1) is 17.6 Å². The summed E-state index contributed by atoms with van der Waals surface area (Å²) in [5.74, 6) is 0.415. The monoisotopic (exact) mass is 440 g/mol. The molecule has 0 fully saturated rings. The lowest BCUT2D eigenvalue weighted by molar-refractivity contribution is 0.0697. The lowest BCUT2D eigenvalue weighted by Crippen LogP contribution is -2.25. The van der Waals surface area contributed by atoms with Crippen molar-refractivity contribution in [3.05, 3.63) is 68.9 Å². The molecule has 0 spiro atoms. The predicted octanol–water partition coefficient (Wildman–Crippen LogP) is 4.92. The largest absolute Gasteiger partial charge is 0.494 e. The summed E-state index contributed by atoms with van der Waals surface area (Å²) in [4.78, 5) is 30.8. The Balaban J connectivity index is 1.52. The molecule has 0 saturated heterocycles. The minimum Gasteiger partial charge on any atom is -0.494 e. The first kappa shape index (κ1) is 20.3. The van der Waals surface area contributed by atoms with E-state index in [1.54, 1.807) is 28.0 Å². The van der Waals surface area contributed by atoms with Crippen molar-refractivity contribution < 1.29 is 14.6 Å². The molecule has 1 aromatic carbocycles. The van der Waals surface area contributed by atoms with Crippen molar-refractivity contribution in [3.8, 4) is 16.2 Å². The van der Waals surface area contributed by atoms with E-state index in [2.05, 4.69) is 0 Å². The molecule has 1 N–H and O–H groups in total. The topological polar surface area (TPSA) is 81.4 Å². The molecule has 3 heterocycles. The predicted molar refractivity (Wildman–Crippen MR) is 120 cm³/mol. The number of aromatic carboxylic acids is 1. The van der Waals surface area contributed by atoms with Crippen molar-refractivity contribution in [2.45, 2.75) is 26.3 Å². The standard InChI is InChI=1S/C22H20N2O4S2/c1-2-18-23-20-19(16(13-30-20)17-5-3-12-29-17)21(25)24(18)10-4-11-28-15-8-6-14(7-9-15)22(26)27/h3,5-9,12-13H,2,4,10-11H2,1H3,(H,26,27). The maximum absolute atomic E-state index is 13.3. The van der Waals surface area contributed by atoms with E-state index in [0.717, 1.165) is 21.1 Å². The third-order valence-corrected chi connectivity index (χ3v) is 6.55. The van der Waals surface area contributed by atoms with Gasteiger partial charge < -0.3 is 9.84 Å². The summed E-state index contributed by atoms with van der Waals surface area (Å²) in [6.07, 6.45) is 1.31. The molecule has 4 rings (SSSR count). The van der Waals surface area contributed by atoms with Crippen molar-refractivity contribution >= 4 is 38.9 Å². The highest BCUT2D eigenvalue weighted by atomic mass is 32.1. The van der Waals surface area contributed by atoms with Gasteiger partial charge in [-0.2, -0.15) is 0 Å². The molecular weight excluding hydrogens is 420 g/mol.